The number of hydrogen-bond donors (Lipinski definition) is 2. The van der Waals surface area contributed by atoms with E-state index in [2.05, 4.69) is 36.9 Å². The van der Waals surface area contributed by atoms with Crippen molar-refractivity contribution in [3.05, 3.63) is 64.2 Å². The molecule has 0 spiro atoms. The topological polar surface area (TPSA) is 187 Å². The summed E-state index contributed by atoms with van der Waals surface area (Å²) in [4.78, 5) is 2.63. The Bertz CT molecular complexity index is 1590. The van der Waals surface area contributed by atoms with Gasteiger partial charge in [0, 0.05) is 55.1 Å². The number of morpholine rings is 1. The summed E-state index contributed by atoms with van der Waals surface area (Å²) in [5.41, 5.74) is 10.9. The zero-order valence-corrected chi connectivity index (χ0v) is 44.3. The first-order valence-electron chi connectivity index (χ1n) is 26.3. The van der Waals surface area contributed by atoms with E-state index in [1.807, 2.05) is 23.9 Å². The third kappa shape index (κ3) is 28.1. The molecule has 1 aliphatic heterocycles. The molecule has 2 aliphatic rings. The average Bonchev–Trinajstić information content (AvgIpc) is 3.72. The number of ether oxygens (including phenoxy) is 12. The van der Waals surface area contributed by atoms with Gasteiger partial charge in [0.1, 0.15) is 6.10 Å². The van der Waals surface area contributed by atoms with Crippen molar-refractivity contribution in [1.82, 2.24) is 19.7 Å². The number of hydrogen-bond acceptors (Lipinski definition) is 17. The second-order valence-electron chi connectivity index (χ2n) is 18.0. The summed E-state index contributed by atoms with van der Waals surface area (Å²) >= 11 is 6.20. The first-order chi connectivity index (χ1) is 34.8. The molecule has 1 aromatic carbocycles. The molecule has 1 saturated carbocycles. The van der Waals surface area contributed by atoms with Crippen LogP contribution in [0.3, 0.4) is 0 Å². The third-order valence-electron chi connectivity index (χ3n) is 12.5. The summed E-state index contributed by atoms with van der Waals surface area (Å²) in [7, 11) is 2.02. The van der Waals surface area contributed by atoms with Crippen molar-refractivity contribution in [2.75, 3.05) is 165 Å². The fourth-order valence-electron chi connectivity index (χ4n) is 8.37. The molecule has 1 aromatic heterocycles. The van der Waals surface area contributed by atoms with Crippen molar-refractivity contribution in [3.8, 4) is 0 Å². The predicted molar refractivity (Wildman–Crippen MR) is 275 cm³/mol. The molecule has 71 heavy (non-hydrogen) atoms. The van der Waals surface area contributed by atoms with Crippen LogP contribution in [0.5, 0.6) is 0 Å². The highest BCUT2D eigenvalue weighted by molar-refractivity contribution is 6.30. The monoisotopic (exact) mass is 1030 g/mol. The van der Waals surface area contributed by atoms with Crippen LogP contribution in [0.4, 0.5) is 0 Å². The number of unbranched alkanes of at least 4 members (excludes halogenated alkanes) is 3. The minimum atomic E-state index is -0.253. The smallest absolute Gasteiger partial charge is 0.111 e. The van der Waals surface area contributed by atoms with Crippen molar-refractivity contribution in [2.24, 2.45) is 18.6 Å². The molecule has 1 aliphatic carbocycles. The molecular formula is C52H91ClN6O12. The third-order valence-corrected chi connectivity index (χ3v) is 12.7. The Morgan fingerprint density at radius 2 is 1.11 bits per heavy atom. The summed E-state index contributed by atoms with van der Waals surface area (Å²) in [5.74, 6) is 6.83. The number of aromatic nitrogens is 2. The molecule has 4 N–H and O–H groups in total. The molecule has 408 valence electrons. The number of nitrogens with two attached hydrogens (primary N) is 2. The molecule has 19 heteroatoms. The van der Waals surface area contributed by atoms with Crippen molar-refractivity contribution >= 4 is 11.6 Å². The number of benzene rings is 1. The minimum Gasteiger partial charge on any atom is -0.399 e. The fraction of sp³-hybridized carbons (Fsp3) is 0.788. The van der Waals surface area contributed by atoms with Gasteiger partial charge >= 0.3 is 0 Å². The Morgan fingerprint density at radius 3 is 1.55 bits per heavy atom. The van der Waals surface area contributed by atoms with Crippen molar-refractivity contribution in [3.63, 3.8) is 0 Å². The molecule has 2 unspecified atom stereocenters. The van der Waals surface area contributed by atoms with Crippen LogP contribution in [-0.2, 0) is 70.3 Å². The Morgan fingerprint density at radius 1 is 0.662 bits per heavy atom. The van der Waals surface area contributed by atoms with Crippen molar-refractivity contribution in [2.45, 2.75) is 95.7 Å². The summed E-state index contributed by atoms with van der Waals surface area (Å²) in [5, 5.41) is 7.11. The van der Waals surface area contributed by atoms with E-state index in [0.717, 1.165) is 50.2 Å². The van der Waals surface area contributed by atoms with E-state index in [4.69, 9.17) is 85.1 Å². The Labute approximate surface area is 430 Å². The summed E-state index contributed by atoms with van der Waals surface area (Å²) in [6.45, 7) is 17.6. The standard InChI is InChI=1S/C52H91ClN6O12/c1-4-5-6-7-17-60-19-21-62-23-25-64-27-29-66-31-33-68-35-37-70-38-36-69-34-32-67-30-28-65-26-24-63-22-20-61-18-16-58(55)41-50(54)52-42-59(49(43-71-52)40-45-8-12-47(53)13-9-45)48-14-10-46(11-15-48)51-39-44(2)57(3)56-51/h8-9,12-13,39,41,46,48-49,52H,4-7,10-11,14-38,40,42-43,54-55H2,1-3H3/b50-41-. The van der Waals surface area contributed by atoms with Crippen LogP contribution in [0.15, 0.2) is 42.2 Å². The number of rotatable bonds is 44. The highest BCUT2D eigenvalue weighted by Crippen LogP contribution is 2.36. The number of aryl methyl sites for hydroxylation is 2. The molecule has 0 amide bonds. The SMILES string of the molecule is CCCCCCOCCOCCOCCOCCOCCOCCOCCOCCOCCOCCOCCN(N)/C=C(\N)C1CN(C2CCC(c3cc(C)n(C)n3)CC2)C(Cc2ccc(Cl)cc2)CO1. The number of halogens is 1. The number of nitrogens with zero attached hydrogens (tertiary/aromatic N) is 4. The highest BCUT2D eigenvalue weighted by atomic mass is 35.5. The molecule has 1 saturated heterocycles. The van der Waals surface area contributed by atoms with Gasteiger partial charge in [-0.2, -0.15) is 5.10 Å². The van der Waals surface area contributed by atoms with Gasteiger partial charge in [-0.15, -0.1) is 0 Å². The van der Waals surface area contributed by atoms with E-state index in [0.29, 0.717) is 176 Å². The normalized spacial score (nSPS) is 19.0. The Balaban J connectivity index is 0.890. The van der Waals surface area contributed by atoms with E-state index in [9.17, 15) is 0 Å². The van der Waals surface area contributed by atoms with Crippen LogP contribution in [0.25, 0.3) is 0 Å². The van der Waals surface area contributed by atoms with E-state index in [1.165, 1.54) is 36.2 Å². The van der Waals surface area contributed by atoms with Crippen LogP contribution in [0.1, 0.15) is 81.2 Å². The average molecular weight is 1030 g/mol. The van der Waals surface area contributed by atoms with Gasteiger partial charge in [0.15, 0.2) is 0 Å². The lowest BCUT2D eigenvalue weighted by atomic mass is 9.82. The van der Waals surface area contributed by atoms with Gasteiger partial charge in [0.05, 0.1) is 163 Å². The molecule has 2 fully saturated rings. The summed E-state index contributed by atoms with van der Waals surface area (Å²) < 4.78 is 69.7. The van der Waals surface area contributed by atoms with Crippen LogP contribution in [0.2, 0.25) is 5.02 Å². The second kappa shape index (κ2) is 39.9. The maximum absolute atomic E-state index is 6.65. The Kier molecular flexibility index (Phi) is 34.3. The quantitative estimate of drug-likeness (QED) is 0.0484. The summed E-state index contributed by atoms with van der Waals surface area (Å²) in [6.07, 6.45) is 11.7. The van der Waals surface area contributed by atoms with Crippen LogP contribution < -0.4 is 11.6 Å². The van der Waals surface area contributed by atoms with E-state index < -0.39 is 0 Å². The van der Waals surface area contributed by atoms with Crippen LogP contribution in [-0.4, -0.2) is 203 Å². The zero-order chi connectivity index (χ0) is 50.4. The van der Waals surface area contributed by atoms with E-state index >= 15 is 0 Å². The lowest BCUT2D eigenvalue weighted by Crippen LogP contribution is -2.56. The Hall–Kier alpha value is -2.50. The van der Waals surface area contributed by atoms with Gasteiger partial charge < -0.3 is 67.6 Å². The molecule has 4 rings (SSSR count). The van der Waals surface area contributed by atoms with E-state index in [1.54, 1.807) is 11.2 Å². The van der Waals surface area contributed by atoms with Gasteiger partial charge in [-0.3, -0.25) is 9.58 Å². The molecular weight excluding hydrogens is 936 g/mol. The van der Waals surface area contributed by atoms with Gasteiger partial charge in [-0.05, 0) is 69.2 Å². The molecule has 2 heterocycles. The molecule has 18 nitrogen and oxygen atoms in total. The molecule has 2 atom stereocenters. The van der Waals surface area contributed by atoms with Crippen LogP contribution in [0, 0.1) is 6.92 Å². The van der Waals surface area contributed by atoms with E-state index in [-0.39, 0.29) is 12.1 Å². The van der Waals surface area contributed by atoms with Gasteiger partial charge in [0.2, 0.25) is 0 Å². The maximum atomic E-state index is 6.65. The largest absolute Gasteiger partial charge is 0.399 e. The van der Waals surface area contributed by atoms with Gasteiger partial charge in [0.25, 0.3) is 0 Å². The van der Waals surface area contributed by atoms with Gasteiger partial charge in [-0.1, -0.05) is 49.9 Å². The number of hydrazine groups is 1. The highest BCUT2D eigenvalue weighted by Gasteiger charge is 2.37. The fourth-order valence-corrected chi connectivity index (χ4v) is 8.49. The first kappa shape index (κ1) is 61.1. The van der Waals surface area contributed by atoms with Crippen molar-refractivity contribution < 1.29 is 56.8 Å². The minimum absolute atomic E-state index is 0.240. The van der Waals surface area contributed by atoms with Crippen molar-refractivity contribution in [1.29, 1.82) is 0 Å². The molecule has 0 radical (unpaired) electrons. The second-order valence-corrected chi connectivity index (χ2v) is 18.4. The maximum Gasteiger partial charge on any atom is 0.111 e. The lowest BCUT2D eigenvalue weighted by molar-refractivity contribution is -0.0712. The predicted octanol–water partition coefficient (Wildman–Crippen LogP) is 5.46. The van der Waals surface area contributed by atoms with Gasteiger partial charge in [-0.25, -0.2) is 5.84 Å². The summed E-state index contributed by atoms with van der Waals surface area (Å²) in [6, 6.07) is 11.1. The molecule has 2 aromatic rings. The lowest BCUT2D eigenvalue weighted by Gasteiger charge is -2.46. The van der Waals surface area contributed by atoms with Crippen LogP contribution >= 0.6 is 11.6 Å². The zero-order valence-electron chi connectivity index (χ0n) is 43.5. The molecule has 0 bridgehead atoms. The first-order valence-corrected chi connectivity index (χ1v) is 26.7.